The third kappa shape index (κ3) is 6.22. The molecule has 0 bridgehead atoms. The molecule has 0 radical (unpaired) electrons. The minimum absolute atomic E-state index is 0.119. The van der Waals surface area contributed by atoms with Crippen LogP contribution in [0.2, 0.25) is 0 Å². The Bertz CT molecular complexity index is 1190. The van der Waals surface area contributed by atoms with Crippen molar-refractivity contribution < 1.29 is 24.2 Å². The lowest BCUT2D eigenvalue weighted by molar-refractivity contribution is -0.149. The van der Waals surface area contributed by atoms with E-state index < -0.39 is 6.10 Å². The fourth-order valence-corrected chi connectivity index (χ4v) is 5.02. The summed E-state index contributed by atoms with van der Waals surface area (Å²) in [6.45, 7) is 0.521. The predicted octanol–water partition coefficient (Wildman–Crippen LogP) is 3.53. The number of β-amino-alcohol motifs (C(OH)–C–C–N with tert-alkyl or cyclic N) is 1. The molecule has 1 aromatic heterocycles. The zero-order valence-corrected chi connectivity index (χ0v) is 20.5. The van der Waals surface area contributed by atoms with E-state index in [0.29, 0.717) is 18.4 Å². The van der Waals surface area contributed by atoms with Gasteiger partial charge >= 0.3 is 0 Å². The molecule has 2 fully saturated rings. The summed E-state index contributed by atoms with van der Waals surface area (Å²) in [5, 5.41) is 13.3. The van der Waals surface area contributed by atoms with Gasteiger partial charge in [0.05, 0.1) is 43.4 Å². The molecule has 3 heterocycles. The van der Waals surface area contributed by atoms with Crippen LogP contribution >= 0.6 is 0 Å². The third-order valence-electron chi connectivity index (χ3n) is 6.84. The highest BCUT2D eigenvalue weighted by Gasteiger charge is 2.40. The van der Waals surface area contributed by atoms with Gasteiger partial charge in [0, 0.05) is 24.6 Å². The number of hydrogen-bond acceptors (Lipinski definition) is 6. The summed E-state index contributed by atoms with van der Waals surface area (Å²) in [6, 6.07) is 21.0. The van der Waals surface area contributed by atoms with Gasteiger partial charge in [-0.25, -0.2) is 0 Å². The molecule has 8 heteroatoms. The van der Waals surface area contributed by atoms with Crippen LogP contribution < -0.4 is 5.32 Å². The number of anilines is 1. The van der Waals surface area contributed by atoms with E-state index in [1.165, 1.54) is 6.20 Å². The van der Waals surface area contributed by atoms with Gasteiger partial charge in [-0.3, -0.25) is 14.6 Å². The van der Waals surface area contributed by atoms with E-state index in [-0.39, 0.29) is 56.2 Å². The van der Waals surface area contributed by atoms with Crippen LogP contribution in [0.15, 0.2) is 79.1 Å². The van der Waals surface area contributed by atoms with Crippen LogP contribution in [-0.2, 0) is 14.3 Å². The molecule has 2 amide bonds. The molecule has 192 valence electrons. The molecule has 2 aliphatic heterocycles. The number of benzene rings is 2. The summed E-state index contributed by atoms with van der Waals surface area (Å²) in [6.07, 6.45) is 3.18. The van der Waals surface area contributed by atoms with Crippen LogP contribution in [0.4, 0.5) is 5.69 Å². The smallest absolute Gasteiger partial charge is 0.255 e. The van der Waals surface area contributed by atoms with Crippen LogP contribution in [-0.4, -0.2) is 70.9 Å². The number of aliphatic hydroxyl groups excluding tert-OH is 1. The average molecular weight is 502 g/mol. The number of fused-ring (bicyclic) bond motifs is 1. The van der Waals surface area contributed by atoms with Gasteiger partial charge in [-0.1, -0.05) is 42.5 Å². The van der Waals surface area contributed by atoms with Crippen molar-refractivity contribution in [2.24, 2.45) is 0 Å². The number of nitrogens with zero attached hydrogens (tertiary/aromatic N) is 2. The van der Waals surface area contributed by atoms with Crippen LogP contribution in [0.1, 0.15) is 29.6 Å². The number of carbonyl (C=O) groups is 2. The number of pyridine rings is 1. The average Bonchev–Trinajstić information content (AvgIpc) is 2.92. The van der Waals surface area contributed by atoms with Gasteiger partial charge in [-0.15, -0.1) is 0 Å². The number of aliphatic hydroxyl groups is 1. The van der Waals surface area contributed by atoms with Crippen molar-refractivity contribution >= 4 is 17.5 Å². The van der Waals surface area contributed by atoms with Crippen molar-refractivity contribution in [2.75, 3.05) is 25.1 Å². The molecule has 0 saturated carbocycles. The molecule has 2 aromatic carbocycles. The molecule has 4 atom stereocenters. The first-order chi connectivity index (χ1) is 18.1. The molecular formula is C29H31N3O5. The first-order valence-electron chi connectivity index (χ1n) is 12.6. The largest absolute Gasteiger partial charge is 0.389 e. The van der Waals surface area contributed by atoms with Crippen LogP contribution in [0.5, 0.6) is 0 Å². The highest BCUT2D eigenvalue weighted by atomic mass is 16.5. The lowest BCUT2D eigenvalue weighted by Crippen LogP contribution is -2.57. The maximum atomic E-state index is 13.3. The summed E-state index contributed by atoms with van der Waals surface area (Å²) in [5.41, 5.74) is 3.40. The van der Waals surface area contributed by atoms with Gasteiger partial charge in [0.25, 0.3) is 5.91 Å². The van der Waals surface area contributed by atoms with Crippen LogP contribution in [0.25, 0.3) is 11.1 Å². The van der Waals surface area contributed by atoms with Crippen molar-refractivity contribution in [1.82, 2.24) is 9.88 Å². The van der Waals surface area contributed by atoms with E-state index in [9.17, 15) is 14.7 Å². The van der Waals surface area contributed by atoms with Gasteiger partial charge in [0.15, 0.2) is 0 Å². The zero-order chi connectivity index (χ0) is 25.6. The number of amides is 2. The van der Waals surface area contributed by atoms with E-state index in [4.69, 9.17) is 9.47 Å². The third-order valence-corrected chi connectivity index (χ3v) is 6.84. The fourth-order valence-electron chi connectivity index (χ4n) is 5.02. The van der Waals surface area contributed by atoms with Crippen molar-refractivity contribution in [1.29, 1.82) is 0 Å². The molecule has 3 aromatic rings. The Hall–Kier alpha value is -3.59. The summed E-state index contributed by atoms with van der Waals surface area (Å²) >= 11 is 0. The molecule has 0 aliphatic carbocycles. The summed E-state index contributed by atoms with van der Waals surface area (Å²) in [7, 11) is 0. The lowest BCUT2D eigenvalue weighted by Gasteiger charge is -2.44. The van der Waals surface area contributed by atoms with E-state index >= 15 is 0 Å². The summed E-state index contributed by atoms with van der Waals surface area (Å²) < 4.78 is 11.9. The Morgan fingerprint density at radius 3 is 2.51 bits per heavy atom. The molecule has 2 N–H and O–H groups in total. The lowest BCUT2D eigenvalue weighted by atomic mass is 9.94. The van der Waals surface area contributed by atoms with Gasteiger partial charge in [-0.05, 0) is 48.2 Å². The number of rotatable bonds is 5. The number of carbonyl (C=O) groups excluding carboxylic acids is 2. The van der Waals surface area contributed by atoms with Gasteiger partial charge in [0.2, 0.25) is 5.91 Å². The highest BCUT2D eigenvalue weighted by molar-refractivity contribution is 5.94. The topological polar surface area (TPSA) is 101 Å². The number of hydrogen-bond donors (Lipinski definition) is 2. The fraction of sp³-hybridized carbons (Fsp3) is 0.345. The Kier molecular flexibility index (Phi) is 7.89. The highest BCUT2D eigenvalue weighted by Crippen LogP contribution is 2.29. The molecule has 37 heavy (non-hydrogen) atoms. The van der Waals surface area contributed by atoms with E-state index in [1.807, 2.05) is 54.6 Å². The Balaban J connectivity index is 1.20. The van der Waals surface area contributed by atoms with Crippen LogP contribution in [0.3, 0.4) is 0 Å². The quantitative estimate of drug-likeness (QED) is 0.555. The normalized spacial score (nSPS) is 23.9. The van der Waals surface area contributed by atoms with Crippen molar-refractivity contribution in [3.8, 4) is 11.1 Å². The standard InChI is InChI=1S/C29H31N3O5/c33-24-17-32(29(35)22-7-4-14-30-16-22)26-13-12-25(37-27(26)19-36-18-24)15-28(34)31-23-10-8-21(9-11-23)20-5-2-1-3-6-20/h1-11,14,16,24-27,33H,12-13,15,17-19H2,(H,31,34)/t24-,25+,26-,27+/m0/s1. The molecule has 8 nitrogen and oxygen atoms in total. The molecule has 2 aliphatic rings. The minimum atomic E-state index is -0.779. The van der Waals surface area contributed by atoms with Crippen molar-refractivity contribution in [3.63, 3.8) is 0 Å². The first-order valence-corrected chi connectivity index (χ1v) is 12.6. The second-order valence-electron chi connectivity index (χ2n) is 9.53. The number of ether oxygens (including phenoxy) is 2. The van der Waals surface area contributed by atoms with Crippen LogP contribution in [0, 0.1) is 0 Å². The molecule has 5 rings (SSSR count). The van der Waals surface area contributed by atoms with E-state index in [2.05, 4.69) is 10.3 Å². The second kappa shape index (κ2) is 11.6. The maximum Gasteiger partial charge on any atom is 0.255 e. The molecule has 2 saturated heterocycles. The van der Waals surface area contributed by atoms with Gasteiger partial charge in [-0.2, -0.15) is 0 Å². The number of aromatic nitrogens is 1. The molecule has 0 unspecified atom stereocenters. The minimum Gasteiger partial charge on any atom is -0.389 e. The molecule has 0 spiro atoms. The Labute approximate surface area is 216 Å². The molecular weight excluding hydrogens is 470 g/mol. The Morgan fingerprint density at radius 1 is 0.973 bits per heavy atom. The first kappa shape index (κ1) is 25.1. The van der Waals surface area contributed by atoms with E-state index in [1.54, 1.807) is 23.2 Å². The Morgan fingerprint density at radius 2 is 1.76 bits per heavy atom. The maximum absolute atomic E-state index is 13.3. The number of nitrogens with one attached hydrogen (secondary N) is 1. The van der Waals surface area contributed by atoms with Gasteiger partial charge < -0.3 is 24.8 Å². The zero-order valence-electron chi connectivity index (χ0n) is 20.5. The monoisotopic (exact) mass is 501 g/mol. The van der Waals surface area contributed by atoms with Gasteiger partial charge in [0.1, 0.15) is 6.10 Å². The van der Waals surface area contributed by atoms with Crippen molar-refractivity contribution in [2.45, 2.75) is 43.6 Å². The van der Waals surface area contributed by atoms with E-state index in [0.717, 1.165) is 16.8 Å². The predicted molar refractivity (Wildman–Crippen MR) is 139 cm³/mol. The van der Waals surface area contributed by atoms with Crippen molar-refractivity contribution in [3.05, 3.63) is 84.7 Å². The summed E-state index contributed by atoms with van der Waals surface area (Å²) in [5.74, 6) is -0.316. The SMILES string of the molecule is O=C(C[C@H]1CC[C@H]2[C@@H](COC[C@@H](O)CN2C(=O)c2cccnc2)O1)Nc1ccc(-c2ccccc2)cc1. The second-order valence-corrected chi connectivity index (χ2v) is 9.53. The summed E-state index contributed by atoms with van der Waals surface area (Å²) in [4.78, 5) is 31.8.